The highest BCUT2D eigenvalue weighted by Gasteiger charge is 2.16. The normalized spacial score (nSPS) is 12.0. The van der Waals surface area contributed by atoms with Crippen LogP contribution in [-0.2, 0) is 9.53 Å². The van der Waals surface area contributed by atoms with Crippen molar-refractivity contribution in [2.45, 2.75) is 0 Å². The molecule has 164 valence electrons. The lowest BCUT2D eigenvalue weighted by atomic mass is 10.1. The number of carbonyl (C=O) groups is 3. The summed E-state index contributed by atoms with van der Waals surface area (Å²) >= 11 is 1.35. The van der Waals surface area contributed by atoms with Gasteiger partial charge in [0.2, 0.25) is 0 Å². The monoisotopic (exact) mass is 452 g/mol. The topological polar surface area (TPSA) is 103 Å². The first-order valence-corrected chi connectivity index (χ1v) is 10.6. The number of benzene rings is 2. The van der Waals surface area contributed by atoms with Gasteiger partial charge in [-0.25, -0.2) is 0 Å². The summed E-state index contributed by atoms with van der Waals surface area (Å²) in [6.07, 6.45) is 0. The quantitative estimate of drug-likeness (QED) is 0.556. The van der Waals surface area contributed by atoms with Gasteiger partial charge in [-0.2, -0.15) is 0 Å². The number of fused-ring (bicyclic) bond motifs is 1. The van der Waals surface area contributed by atoms with Gasteiger partial charge < -0.3 is 24.8 Å². The van der Waals surface area contributed by atoms with Crippen molar-refractivity contribution in [3.05, 3.63) is 65.0 Å². The number of esters is 1. The van der Waals surface area contributed by atoms with Gasteiger partial charge in [0.1, 0.15) is 19.8 Å². The number of methoxy groups -OCH3 is 1. The lowest BCUT2D eigenvalue weighted by molar-refractivity contribution is -0.139. The average Bonchev–Trinajstić information content (AvgIpc) is 3.33. The highest BCUT2D eigenvalue weighted by Crippen LogP contribution is 2.37. The molecule has 2 amide bonds. The molecular weight excluding hydrogens is 432 g/mol. The standard InChI is InChI=1S/C23H20N2O6S/c1-29-21(26)13-24-22(27)15-3-2-4-16(11-15)25-23(28)20-8-7-19(32-20)14-5-6-17-18(12-14)31-10-9-30-17/h2-8,11-12H,9-10,13H2,1H3,(H,24,27)(H,25,28). The molecule has 0 aliphatic carbocycles. The van der Waals surface area contributed by atoms with Crippen molar-refractivity contribution in [3.63, 3.8) is 0 Å². The van der Waals surface area contributed by atoms with Crippen molar-refractivity contribution in [1.29, 1.82) is 0 Å². The summed E-state index contributed by atoms with van der Waals surface area (Å²) in [6.45, 7) is 0.807. The van der Waals surface area contributed by atoms with E-state index in [0.717, 1.165) is 10.4 Å². The molecule has 0 bridgehead atoms. The van der Waals surface area contributed by atoms with Crippen molar-refractivity contribution in [2.24, 2.45) is 0 Å². The fraction of sp³-hybridized carbons (Fsp3) is 0.174. The Kier molecular flexibility index (Phi) is 6.37. The van der Waals surface area contributed by atoms with Crippen molar-refractivity contribution in [3.8, 4) is 21.9 Å². The Hall–Kier alpha value is -3.85. The molecule has 0 radical (unpaired) electrons. The number of hydrogen-bond acceptors (Lipinski definition) is 7. The largest absolute Gasteiger partial charge is 0.486 e. The van der Waals surface area contributed by atoms with Crippen LogP contribution < -0.4 is 20.1 Å². The summed E-state index contributed by atoms with van der Waals surface area (Å²) in [4.78, 5) is 37.5. The Morgan fingerprint density at radius 2 is 1.78 bits per heavy atom. The molecular formula is C23H20N2O6S. The molecule has 2 aromatic carbocycles. The molecule has 8 nitrogen and oxygen atoms in total. The van der Waals surface area contributed by atoms with E-state index in [0.29, 0.717) is 40.8 Å². The van der Waals surface area contributed by atoms with E-state index in [2.05, 4.69) is 15.4 Å². The van der Waals surface area contributed by atoms with Crippen LogP contribution in [-0.4, -0.2) is 44.7 Å². The summed E-state index contributed by atoms with van der Waals surface area (Å²) in [5.74, 6) is 0.129. The van der Waals surface area contributed by atoms with Crippen LogP contribution in [0, 0.1) is 0 Å². The number of carbonyl (C=O) groups excluding carboxylic acids is 3. The van der Waals surface area contributed by atoms with Gasteiger partial charge in [-0.15, -0.1) is 11.3 Å². The highest BCUT2D eigenvalue weighted by molar-refractivity contribution is 7.17. The smallest absolute Gasteiger partial charge is 0.325 e. The zero-order valence-corrected chi connectivity index (χ0v) is 18.0. The van der Waals surface area contributed by atoms with Crippen molar-refractivity contribution >= 4 is 34.8 Å². The molecule has 0 unspecified atom stereocenters. The molecule has 32 heavy (non-hydrogen) atoms. The number of nitrogens with one attached hydrogen (secondary N) is 2. The second-order valence-corrected chi connectivity index (χ2v) is 7.90. The van der Waals surface area contributed by atoms with E-state index in [-0.39, 0.29) is 12.5 Å². The van der Waals surface area contributed by atoms with Crippen LogP contribution in [0.4, 0.5) is 5.69 Å². The van der Waals surface area contributed by atoms with Gasteiger partial charge in [0.25, 0.3) is 11.8 Å². The fourth-order valence-electron chi connectivity index (χ4n) is 3.07. The first kappa shape index (κ1) is 21.4. The van der Waals surface area contributed by atoms with E-state index in [1.807, 2.05) is 24.3 Å². The molecule has 0 fully saturated rings. The van der Waals surface area contributed by atoms with Gasteiger partial charge in [0.05, 0.1) is 12.0 Å². The summed E-state index contributed by atoms with van der Waals surface area (Å²) in [5.41, 5.74) is 1.72. The molecule has 0 saturated heterocycles. The molecule has 1 aromatic heterocycles. The number of hydrogen-bond donors (Lipinski definition) is 2. The second kappa shape index (κ2) is 9.52. The van der Waals surface area contributed by atoms with E-state index in [1.54, 1.807) is 30.3 Å². The van der Waals surface area contributed by atoms with Crippen LogP contribution >= 0.6 is 11.3 Å². The van der Waals surface area contributed by atoms with E-state index in [4.69, 9.17) is 9.47 Å². The van der Waals surface area contributed by atoms with Crippen LogP contribution in [0.5, 0.6) is 11.5 Å². The maximum atomic E-state index is 12.7. The highest BCUT2D eigenvalue weighted by atomic mass is 32.1. The molecule has 0 saturated carbocycles. The Bertz CT molecular complexity index is 1170. The van der Waals surface area contributed by atoms with E-state index < -0.39 is 11.9 Å². The first-order chi connectivity index (χ1) is 15.5. The van der Waals surface area contributed by atoms with Crippen LogP contribution in [0.1, 0.15) is 20.0 Å². The van der Waals surface area contributed by atoms with Gasteiger partial charge in [0, 0.05) is 16.1 Å². The Morgan fingerprint density at radius 3 is 2.59 bits per heavy atom. The zero-order chi connectivity index (χ0) is 22.5. The van der Waals surface area contributed by atoms with Crippen LogP contribution in [0.25, 0.3) is 10.4 Å². The first-order valence-electron chi connectivity index (χ1n) is 9.80. The Morgan fingerprint density at radius 1 is 0.969 bits per heavy atom. The summed E-state index contributed by atoms with van der Waals surface area (Å²) in [6, 6.07) is 15.8. The van der Waals surface area contributed by atoms with Crippen molar-refractivity contribution in [2.75, 3.05) is 32.2 Å². The lowest BCUT2D eigenvalue weighted by Gasteiger charge is -2.18. The molecule has 4 rings (SSSR count). The molecule has 1 aliphatic rings. The van der Waals surface area contributed by atoms with Gasteiger partial charge in [-0.3, -0.25) is 14.4 Å². The molecule has 1 aliphatic heterocycles. The number of ether oxygens (including phenoxy) is 3. The van der Waals surface area contributed by atoms with Crippen molar-refractivity contribution < 1.29 is 28.6 Å². The Balaban J connectivity index is 1.43. The third-order valence-corrected chi connectivity index (χ3v) is 5.79. The van der Waals surface area contributed by atoms with E-state index in [1.165, 1.54) is 18.4 Å². The molecule has 2 heterocycles. The molecule has 0 atom stereocenters. The third kappa shape index (κ3) is 4.89. The molecule has 3 aromatic rings. The fourth-order valence-corrected chi connectivity index (χ4v) is 3.97. The van der Waals surface area contributed by atoms with Gasteiger partial charge in [-0.05, 0) is 54.1 Å². The van der Waals surface area contributed by atoms with E-state index >= 15 is 0 Å². The van der Waals surface area contributed by atoms with Crippen LogP contribution in [0.3, 0.4) is 0 Å². The number of rotatable bonds is 6. The summed E-state index contributed by atoms with van der Waals surface area (Å²) in [5, 5.41) is 5.26. The predicted octanol–water partition coefficient (Wildman–Crippen LogP) is 3.34. The Labute approximate surface area is 188 Å². The minimum Gasteiger partial charge on any atom is -0.486 e. The minimum absolute atomic E-state index is 0.232. The zero-order valence-electron chi connectivity index (χ0n) is 17.2. The third-order valence-electron chi connectivity index (χ3n) is 4.66. The van der Waals surface area contributed by atoms with Gasteiger partial charge >= 0.3 is 5.97 Å². The lowest BCUT2D eigenvalue weighted by Crippen LogP contribution is -2.30. The molecule has 9 heteroatoms. The predicted molar refractivity (Wildman–Crippen MR) is 119 cm³/mol. The van der Waals surface area contributed by atoms with Crippen molar-refractivity contribution in [1.82, 2.24) is 5.32 Å². The average molecular weight is 452 g/mol. The van der Waals surface area contributed by atoms with E-state index in [9.17, 15) is 14.4 Å². The minimum atomic E-state index is -0.547. The second-order valence-electron chi connectivity index (χ2n) is 6.82. The molecule has 0 spiro atoms. The van der Waals surface area contributed by atoms with Crippen LogP contribution in [0.15, 0.2) is 54.6 Å². The summed E-state index contributed by atoms with van der Waals surface area (Å²) < 4.78 is 15.7. The number of amides is 2. The number of anilines is 1. The SMILES string of the molecule is COC(=O)CNC(=O)c1cccc(NC(=O)c2ccc(-c3ccc4c(c3)OCCO4)s2)c1. The molecule has 2 N–H and O–H groups in total. The van der Waals surface area contributed by atoms with Gasteiger partial charge in [0.15, 0.2) is 11.5 Å². The van der Waals surface area contributed by atoms with Gasteiger partial charge in [-0.1, -0.05) is 6.07 Å². The number of thiophene rings is 1. The summed E-state index contributed by atoms with van der Waals surface area (Å²) in [7, 11) is 1.24. The maximum absolute atomic E-state index is 12.7. The maximum Gasteiger partial charge on any atom is 0.325 e. The van der Waals surface area contributed by atoms with Crippen LogP contribution in [0.2, 0.25) is 0 Å².